The number of hydrogen-bond donors (Lipinski definition) is 1. The Labute approximate surface area is 112 Å². The Bertz CT molecular complexity index is 493. The molecule has 1 N–H and O–H groups in total. The van der Waals surface area contributed by atoms with Crippen LogP contribution in [0.1, 0.15) is 16.3 Å². The lowest BCUT2D eigenvalue weighted by atomic mass is 10.0. The summed E-state index contributed by atoms with van der Waals surface area (Å²) < 4.78 is 4.69. The van der Waals surface area contributed by atoms with Crippen LogP contribution in [0.15, 0.2) is 6.07 Å². The minimum atomic E-state index is -0.481. The SMILES string of the molecule is COC(=O)c1nc(C)cc(N2C[C@H]3CNC[C@H]3C2)n1. The van der Waals surface area contributed by atoms with Gasteiger partial charge >= 0.3 is 5.97 Å². The number of rotatable bonds is 2. The Morgan fingerprint density at radius 1 is 1.37 bits per heavy atom. The van der Waals surface area contributed by atoms with Crippen LogP contribution in [-0.2, 0) is 4.74 Å². The maximum Gasteiger partial charge on any atom is 0.376 e. The molecule has 102 valence electrons. The maximum absolute atomic E-state index is 11.6. The zero-order valence-electron chi connectivity index (χ0n) is 11.2. The molecule has 6 nitrogen and oxygen atoms in total. The van der Waals surface area contributed by atoms with Crippen LogP contribution in [-0.4, -0.2) is 49.2 Å². The molecule has 0 bridgehead atoms. The van der Waals surface area contributed by atoms with Gasteiger partial charge in [0.1, 0.15) is 5.82 Å². The summed E-state index contributed by atoms with van der Waals surface area (Å²) in [5.41, 5.74) is 0.792. The van der Waals surface area contributed by atoms with Gasteiger partial charge in [0.25, 0.3) is 0 Å². The van der Waals surface area contributed by atoms with Crippen LogP contribution in [0.3, 0.4) is 0 Å². The van der Waals surface area contributed by atoms with Gasteiger partial charge in [-0.25, -0.2) is 14.8 Å². The van der Waals surface area contributed by atoms with Crippen molar-refractivity contribution in [3.8, 4) is 0 Å². The van der Waals surface area contributed by atoms with Gasteiger partial charge in [0, 0.05) is 37.9 Å². The molecule has 0 saturated carbocycles. The molecule has 0 amide bonds. The van der Waals surface area contributed by atoms with Crippen molar-refractivity contribution in [2.45, 2.75) is 6.92 Å². The van der Waals surface area contributed by atoms with E-state index in [1.165, 1.54) is 7.11 Å². The first-order valence-corrected chi connectivity index (χ1v) is 6.57. The average Bonchev–Trinajstić information content (AvgIpc) is 2.97. The van der Waals surface area contributed by atoms with Gasteiger partial charge in [-0.15, -0.1) is 0 Å². The largest absolute Gasteiger partial charge is 0.463 e. The molecule has 0 aliphatic carbocycles. The van der Waals surface area contributed by atoms with E-state index in [0.29, 0.717) is 11.8 Å². The molecule has 2 atom stereocenters. The lowest BCUT2D eigenvalue weighted by Crippen LogP contribution is -2.27. The van der Waals surface area contributed by atoms with Gasteiger partial charge < -0.3 is 15.0 Å². The molecule has 1 aromatic heterocycles. The van der Waals surface area contributed by atoms with Crippen LogP contribution in [0.25, 0.3) is 0 Å². The van der Waals surface area contributed by atoms with E-state index in [9.17, 15) is 4.79 Å². The van der Waals surface area contributed by atoms with E-state index >= 15 is 0 Å². The summed E-state index contributed by atoms with van der Waals surface area (Å²) in [6.45, 7) is 6.02. The summed E-state index contributed by atoms with van der Waals surface area (Å²) in [5.74, 6) is 1.88. The van der Waals surface area contributed by atoms with Gasteiger partial charge in [0.15, 0.2) is 0 Å². The van der Waals surface area contributed by atoms with Crippen molar-refractivity contribution in [2.75, 3.05) is 38.2 Å². The van der Waals surface area contributed by atoms with Gasteiger partial charge in [-0.3, -0.25) is 0 Å². The first-order valence-electron chi connectivity index (χ1n) is 6.57. The number of anilines is 1. The van der Waals surface area contributed by atoms with Crippen molar-refractivity contribution in [1.82, 2.24) is 15.3 Å². The summed E-state index contributed by atoms with van der Waals surface area (Å²) >= 11 is 0. The van der Waals surface area contributed by atoms with Crippen LogP contribution in [0.4, 0.5) is 5.82 Å². The number of hydrogen-bond acceptors (Lipinski definition) is 6. The fourth-order valence-electron chi connectivity index (χ4n) is 2.94. The molecule has 3 rings (SSSR count). The van der Waals surface area contributed by atoms with E-state index < -0.39 is 5.97 Å². The number of carbonyl (C=O) groups is 1. The molecule has 2 aliphatic rings. The van der Waals surface area contributed by atoms with Gasteiger partial charge in [0.2, 0.25) is 5.82 Å². The summed E-state index contributed by atoms with van der Waals surface area (Å²) in [6.07, 6.45) is 0. The van der Waals surface area contributed by atoms with Gasteiger partial charge in [-0.2, -0.15) is 0 Å². The molecule has 1 aromatic rings. The number of aromatic nitrogens is 2. The number of ether oxygens (including phenoxy) is 1. The number of aryl methyl sites for hydroxylation is 1. The lowest BCUT2D eigenvalue weighted by Gasteiger charge is -2.19. The van der Waals surface area contributed by atoms with Gasteiger partial charge in [0.05, 0.1) is 7.11 Å². The summed E-state index contributed by atoms with van der Waals surface area (Å²) in [4.78, 5) is 22.3. The molecule has 19 heavy (non-hydrogen) atoms. The zero-order valence-corrected chi connectivity index (χ0v) is 11.2. The van der Waals surface area contributed by atoms with Crippen molar-refractivity contribution in [3.05, 3.63) is 17.6 Å². The second kappa shape index (κ2) is 4.77. The molecular formula is C13H18N4O2. The highest BCUT2D eigenvalue weighted by Crippen LogP contribution is 2.29. The predicted molar refractivity (Wildman–Crippen MR) is 70.2 cm³/mol. The zero-order chi connectivity index (χ0) is 13.4. The fraction of sp³-hybridized carbons (Fsp3) is 0.615. The van der Waals surface area contributed by atoms with Crippen molar-refractivity contribution in [1.29, 1.82) is 0 Å². The van der Waals surface area contributed by atoms with Crippen LogP contribution in [0.2, 0.25) is 0 Å². The highest BCUT2D eigenvalue weighted by atomic mass is 16.5. The third-order valence-electron chi connectivity index (χ3n) is 3.92. The number of fused-ring (bicyclic) bond motifs is 1. The van der Waals surface area contributed by atoms with E-state index in [1.54, 1.807) is 0 Å². The molecular weight excluding hydrogens is 244 g/mol. The van der Waals surface area contributed by atoms with Crippen LogP contribution in [0.5, 0.6) is 0 Å². The van der Waals surface area contributed by atoms with Crippen molar-refractivity contribution >= 4 is 11.8 Å². The van der Waals surface area contributed by atoms with Crippen molar-refractivity contribution < 1.29 is 9.53 Å². The molecule has 3 heterocycles. The Hall–Kier alpha value is -1.69. The number of esters is 1. The molecule has 0 radical (unpaired) electrons. The number of nitrogens with zero attached hydrogens (tertiary/aromatic N) is 3. The van der Waals surface area contributed by atoms with Crippen molar-refractivity contribution in [2.24, 2.45) is 11.8 Å². The highest BCUT2D eigenvalue weighted by molar-refractivity contribution is 5.85. The van der Waals surface area contributed by atoms with E-state index in [4.69, 9.17) is 4.74 Å². The Morgan fingerprint density at radius 3 is 2.68 bits per heavy atom. The quantitative estimate of drug-likeness (QED) is 0.769. The first-order chi connectivity index (χ1) is 9.17. The third kappa shape index (κ3) is 2.28. The average molecular weight is 262 g/mol. The second-order valence-electron chi connectivity index (χ2n) is 5.27. The first kappa shape index (κ1) is 12.3. The van der Waals surface area contributed by atoms with Gasteiger partial charge in [-0.1, -0.05) is 0 Å². The van der Waals surface area contributed by atoms with E-state index in [1.807, 2.05) is 13.0 Å². The number of carbonyl (C=O) groups excluding carboxylic acids is 1. The van der Waals surface area contributed by atoms with Crippen LogP contribution < -0.4 is 10.2 Å². The second-order valence-corrected chi connectivity index (χ2v) is 5.27. The molecule has 0 spiro atoms. The van der Waals surface area contributed by atoms with E-state index in [2.05, 4.69) is 20.2 Å². The maximum atomic E-state index is 11.6. The Balaban J connectivity index is 1.85. The predicted octanol–water partition coefficient (Wildman–Crippen LogP) is 0.227. The standard InChI is InChI=1S/C13H18N4O2/c1-8-3-11(16-12(15-8)13(18)19-2)17-6-9-4-14-5-10(9)7-17/h3,9-10,14H,4-7H2,1-2H3/t9-,10+. The molecule has 0 unspecified atom stereocenters. The van der Waals surface area contributed by atoms with E-state index in [-0.39, 0.29) is 5.82 Å². The number of nitrogens with one attached hydrogen (secondary N) is 1. The molecule has 2 aliphatic heterocycles. The Morgan fingerprint density at radius 2 is 2.05 bits per heavy atom. The minimum Gasteiger partial charge on any atom is -0.463 e. The summed E-state index contributed by atoms with van der Waals surface area (Å²) in [6, 6.07) is 1.93. The van der Waals surface area contributed by atoms with Crippen molar-refractivity contribution in [3.63, 3.8) is 0 Å². The normalized spacial score (nSPS) is 25.5. The molecule has 2 saturated heterocycles. The highest BCUT2D eigenvalue weighted by Gasteiger charge is 2.36. The topological polar surface area (TPSA) is 67.3 Å². The fourth-order valence-corrected chi connectivity index (χ4v) is 2.94. The molecule has 0 aromatic carbocycles. The molecule has 6 heteroatoms. The third-order valence-corrected chi connectivity index (χ3v) is 3.92. The van der Waals surface area contributed by atoms with Crippen LogP contribution >= 0.6 is 0 Å². The smallest absolute Gasteiger partial charge is 0.376 e. The summed E-state index contributed by atoms with van der Waals surface area (Å²) in [7, 11) is 1.35. The minimum absolute atomic E-state index is 0.146. The summed E-state index contributed by atoms with van der Waals surface area (Å²) in [5, 5.41) is 3.41. The Kier molecular flexibility index (Phi) is 3.10. The van der Waals surface area contributed by atoms with Crippen LogP contribution in [0, 0.1) is 18.8 Å². The van der Waals surface area contributed by atoms with E-state index in [0.717, 1.165) is 37.7 Å². The number of methoxy groups -OCH3 is 1. The van der Waals surface area contributed by atoms with Gasteiger partial charge in [-0.05, 0) is 18.8 Å². The lowest BCUT2D eigenvalue weighted by molar-refractivity contribution is 0.0586. The monoisotopic (exact) mass is 262 g/mol. The molecule has 2 fully saturated rings.